The lowest BCUT2D eigenvalue weighted by Gasteiger charge is -2.32. The van der Waals surface area contributed by atoms with E-state index in [1.54, 1.807) is 6.08 Å². The molecule has 1 saturated heterocycles. The maximum atomic E-state index is 11.4. The predicted molar refractivity (Wildman–Crippen MR) is 56.6 cm³/mol. The largest absolute Gasteiger partial charge is 0.304 e. The molecule has 80 valence electrons. The molecule has 1 aliphatic heterocycles. The number of piperazine rings is 1. The van der Waals surface area contributed by atoms with Gasteiger partial charge in [-0.1, -0.05) is 5.57 Å². The van der Waals surface area contributed by atoms with Crippen LogP contribution in [0.2, 0.25) is 0 Å². The molecule has 0 radical (unpaired) electrons. The molecule has 0 atom stereocenters. The van der Waals surface area contributed by atoms with Crippen LogP contribution in [0.3, 0.4) is 0 Å². The Morgan fingerprint density at radius 2 is 1.79 bits per heavy atom. The molecule has 14 heavy (non-hydrogen) atoms. The average molecular weight is 197 g/mol. The first-order valence-electron chi connectivity index (χ1n) is 4.97. The Morgan fingerprint density at radius 1 is 1.21 bits per heavy atom. The Morgan fingerprint density at radius 3 is 2.29 bits per heavy atom. The summed E-state index contributed by atoms with van der Waals surface area (Å²) in [6, 6.07) is 0. The van der Waals surface area contributed by atoms with Crippen molar-refractivity contribution in [2.75, 3.05) is 33.2 Å². The van der Waals surface area contributed by atoms with Crippen molar-refractivity contribution >= 4 is 5.91 Å². The van der Waals surface area contributed by atoms with Crippen molar-refractivity contribution in [3.63, 3.8) is 0 Å². The number of carbonyl (C=O) groups excluding carboxylic acids is 1. The van der Waals surface area contributed by atoms with Crippen LogP contribution in [0.25, 0.3) is 0 Å². The van der Waals surface area contributed by atoms with Crippen molar-refractivity contribution in [2.24, 2.45) is 0 Å². The van der Waals surface area contributed by atoms with E-state index in [4.69, 9.17) is 0 Å². The van der Waals surface area contributed by atoms with Crippen molar-refractivity contribution in [3.8, 4) is 0 Å². The summed E-state index contributed by atoms with van der Waals surface area (Å²) in [4.78, 5) is 13.6. The molecule has 1 amide bonds. The van der Waals surface area contributed by atoms with Gasteiger partial charge in [0.1, 0.15) is 0 Å². The van der Waals surface area contributed by atoms with Crippen molar-refractivity contribution < 1.29 is 4.79 Å². The van der Waals surface area contributed by atoms with Crippen LogP contribution in [0.15, 0.2) is 11.6 Å². The first-order chi connectivity index (χ1) is 6.58. The Hall–Kier alpha value is -0.870. The summed E-state index contributed by atoms with van der Waals surface area (Å²) in [5, 5.41) is 1.97. The lowest BCUT2D eigenvalue weighted by Crippen LogP contribution is -2.52. The van der Waals surface area contributed by atoms with Gasteiger partial charge in [0.25, 0.3) is 5.91 Å². The summed E-state index contributed by atoms with van der Waals surface area (Å²) in [5.74, 6) is -0.0189. The molecule has 0 bridgehead atoms. The minimum absolute atomic E-state index is 0.0189. The smallest absolute Gasteiger partial charge is 0.258 e. The zero-order valence-corrected chi connectivity index (χ0v) is 9.21. The Kier molecular flexibility index (Phi) is 4.10. The summed E-state index contributed by atoms with van der Waals surface area (Å²) in [6.45, 7) is 7.66. The summed E-state index contributed by atoms with van der Waals surface area (Å²) in [6.07, 6.45) is 1.62. The molecule has 1 N–H and O–H groups in total. The van der Waals surface area contributed by atoms with Gasteiger partial charge in [0.05, 0.1) is 0 Å². The van der Waals surface area contributed by atoms with Gasteiger partial charge in [-0.15, -0.1) is 0 Å². The molecule has 0 spiro atoms. The summed E-state index contributed by atoms with van der Waals surface area (Å²) >= 11 is 0. The number of hydrazine groups is 1. The van der Waals surface area contributed by atoms with Gasteiger partial charge in [-0.2, -0.15) is 0 Å². The molecule has 4 nitrogen and oxygen atoms in total. The lowest BCUT2D eigenvalue weighted by atomic mass is 10.3. The first kappa shape index (κ1) is 11.2. The number of nitrogens with zero attached hydrogens (tertiary/aromatic N) is 2. The molecule has 4 heteroatoms. The van der Waals surface area contributed by atoms with Crippen LogP contribution in [0.5, 0.6) is 0 Å². The highest BCUT2D eigenvalue weighted by Crippen LogP contribution is 1.96. The standard InChI is InChI=1S/C10H19N3O/c1-9(2)8-10(14)11-13-6-4-12(3)5-7-13/h8H,4-7H2,1-3H3,(H,11,14). The van der Waals surface area contributed by atoms with Gasteiger partial charge in [0.15, 0.2) is 0 Å². The number of hydrogen-bond acceptors (Lipinski definition) is 3. The van der Waals surface area contributed by atoms with Gasteiger partial charge in [0.2, 0.25) is 0 Å². The van der Waals surface area contributed by atoms with Crippen molar-refractivity contribution in [1.29, 1.82) is 0 Å². The summed E-state index contributed by atoms with van der Waals surface area (Å²) < 4.78 is 0. The lowest BCUT2D eigenvalue weighted by molar-refractivity contribution is -0.121. The molecular weight excluding hydrogens is 178 g/mol. The fourth-order valence-electron chi connectivity index (χ4n) is 1.37. The van der Waals surface area contributed by atoms with Crippen molar-refractivity contribution in [2.45, 2.75) is 13.8 Å². The van der Waals surface area contributed by atoms with Gasteiger partial charge >= 0.3 is 0 Å². The molecule has 0 unspecified atom stereocenters. The summed E-state index contributed by atoms with van der Waals surface area (Å²) in [7, 11) is 2.09. The van der Waals surface area contributed by atoms with E-state index in [9.17, 15) is 4.79 Å². The van der Waals surface area contributed by atoms with E-state index in [-0.39, 0.29) is 5.91 Å². The minimum atomic E-state index is -0.0189. The third-order valence-electron chi connectivity index (χ3n) is 2.19. The van der Waals surface area contributed by atoms with Gasteiger partial charge in [-0.05, 0) is 20.9 Å². The Bertz CT molecular complexity index is 226. The van der Waals surface area contributed by atoms with Crippen LogP contribution in [0, 0.1) is 0 Å². The maximum absolute atomic E-state index is 11.4. The second-order valence-corrected chi connectivity index (χ2v) is 3.99. The minimum Gasteiger partial charge on any atom is -0.304 e. The number of amides is 1. The van der Waals surface area contributed by atoms with Crippen molar-refractivity contribution in [1.82, 2.24) is 15.3 Å². The molecule has 1 fully saturated rings. The van der Waals surface area contributed by atoms with E-state index in [0.717, 1.165) is 31.8 Å². The fraction of sp³-hybridized carbons (Fsp3) is 0.700. The SMILES string of the molecule is CC(C)=CC(=O)NN1CCN(C)CC1. The van der Waals surface area contributed by atoms with Crippen LogP contribution in [0.4, 0.5) is 0 Å². The van der Waals surface area contributed by atoms with E-state index >= 15 is 0 Å². The van der Waals surface area contributed by atoms with Gasteiger partial charge in [-0.3, -0.25) is 10.2 Å². The highest BCUT2D eigenvalue weighted by Gasteiger charge is 2.14. The molecule has 0 aliphatic carbocycles. The predicted octanol–water partition coefficient (Wildman–Crippen LogP) is 0.231. The molecular formula is C10H19N3O. The zero-order valence-electron chi connectivity index (χ0n) is 9.21. The molecule has 0 aromatic carbocycles. The third-order valence-corrected chi connectivity index (χ3v) is 2.19. The zero-order chi connectivity index (χ0) is 10.6. The van der Waals surface area contributed by atoms with Crippen LogP contribution in [-0.2, 0) is 4.79 Å². The Labute approximate surface area is 85.5 Å². The van der Waals surface area contributed by atoms with Gasteiger partial charge < -0.3 is 4.90 Å². The molecule has 0 saturated carbocycles. The van der Waals surface area contributed by atoms with E-state index in [2.05, 4.69) is 17.4 Å². The number of allylic oxidation sites excluding steroid dienone is 1. The van der Waals surface area contributed by atoms with Gasteiger partial charge in [0, 0.05) is 32.3 Å². The topological polar surface area (TPSA) is 35.6 Å². The number of hydrogen-bond donors (Lipinski definition) is 1. The van der Waals surface area contributed by atoms with Crippen molar-refractivity contribution in [3.05, 3.63) is 11.6 Å². The second-order valence-electron chi connectivity index (χ2n) is 3.99. The highest BCUT2D eigenvalue weighted by atomic mass is 16.2. The van der Waals surface area contributed by atoms with Gasteiger partial charge in [-0.25, -0.2) is 5.01 Å². The van der Waals surface area contributed by atoms with Crippen LogP contribution in [-0.4, -0.2) is 49.0 Å². The second kappa shape index (κ2) is 5.12. The van der Waals surface area contributed by atoms with E-state index in [1.165, 1.54) is 0 Å². The first-order valence-corrected chi connectivity index (χ1v) is 4.97. The number of carbonyl (C=O) groups is 1. The monoisotopic (exact) mass is 197 g/mol. The fourth-order valence-corrected chi connectivity index (χ4v) is 1.37. The molecule has 1 heterocycles. The molecule has 1 rings (SSSR count). The average Bonchev–Trinajstić information content (AvgIpc) is 2.07. The third kappa shape index (κ3) is 3.89. The van der Waals surface area contributed by atoms with Crippen LogP contribution < -0.4 is 5.43 Å². The Balaban J connectivity index is 2.31. The maximum Gasteiger partial charge on any atom is 0.258 e. The number of rotatable bonds is 2. The quantitative estimate of drug-likeness (QED) is 0.644. The van der Waals surface area contributed by atoms with Crippen LogP contribution in [0.1, 0.15) is 13.8 Å². The van der Waals surface area contributed by atoms with E-state index in [1.807, 2.05) is 18.9 Å². The van der Waals surface area contributed by atoms with E-state index < -0.39 is 0 Å². The normalized spacial score (nSPS) is 19.1. The summed E-state index contributed by atoms with van der Waals surface area (Å²) in [5.41, 5.74) is 3.89. The molecule has 0 aromatic rings. The van der Waals surface area contributed by atoms with Crippen LogP contribution >= 0.6 is 0 Å². The molecule has 0 aromatic heterocycles. The molecule has 1 aliphatic rings. The highest BCUT2D eigenvalue weighted by molar-refractivity contribution is 5.87. The number of likely N-dealkylation sites (N-methyl/N-ethyl adjacent to an activating group) is 1. The van der Waals surface area contributed by atoms with E-state index in [0.29, 0.717) is 0 Å². The number of nitrogens with one attached hydrogen (secondary N) is 1.